The van der Waals surface area contributed by atoms with Crippen LogP contribution in [-0.2, 0) is 11.2 Å². The van der Waals surface area contributed by atoms with Gasteiger partial charge in [0.1, 0.15) is 6.04 Å². The lowest BCUT2D eigenvalue weighted by Gasteiger charge is -2.13. The maximum absolute atomic E-state index is 11.2. The minimum absolute atomic E-state index is 0.402. The number of nitrogens with one attached hydrogen (secondary N) is 2. The van der Waals surface area contributed by atoms with Gasteiger partial charge in [0.05, 0.1) is 6.20 Å². The summed E-state index contributed by atoms with van der Waals surface area (Å²) in [4.78, 5) is 11.2. The summed E-state index contributed by atoms with van der Waals surface area (Å²) in [5.41, 5.74) is 3.65. The van der Waals surface area contributed by atoms with Crippen LogP contribution in [0, 0.1) is 0 Å². The molecule has 0 fully saturated rings. The summed E-state index contributed by atoms with van der Waals surface area (Å²) in [5.74, 6) is -0.859. The quantitative estimate of drug-likeness (QED) is 0.692. The van der Waals surface area contributed by atoms with E-state index in [-0.39, 0.29) is 0 Å². The Labute approximate surface area is 97.5 Å². The van der Waals surface area contributed by atoms with Gasteiger partial charge in [0.15, 0.2) is 0 Å². The lowest BCUT2D eigenvalue weighted by Crippen LogP contribution is -2.30. The molecule has 1 aromatic carbocycles. The molecule has 5 nitrogen and oxygen atoms in total. The van der Waals surface area contributed by atoms with Gasteiger partial charge in [-0.25, -0.2) is 4.79 Å². The summed E-state index contributed by atoms with van der Waals surface area (Å²) in [6, 6.07) is 7.03. The van der Waals surface area contributed by atoms with Gasteiger partial charge in [-0.1, -0.05) is 18.2 Å². The van der Waals surface area contributed by atoms with Gasteiger partial charge in [0, 0.05) is 28.9 Å². The summed E-state index contributed by atoms with van der Waals surface area (Å²) >= 11 is 0. The Kier molecular flexibility index (Phi) is 2.11. The van der Waals surface area contributed by atoms with Crippen LogP contribution in [0.5, 0.6) is 0 Å². The second-order valence-electron chi connectivity index (χ2n) is 4.05. The third-order valence-corrected chi connectivity index (χ3v) is 2.97. The van der Waals surface area contributed by atoms with Crippen LogP contribution in [0.15, 0.2) is 30.5 Å². The number of rotatable bonds is 1. The highest BCUT2D eigenvalue weighted by Gasteiger charge is 2.25. The number of carboxylic acid groups (broad SMARTS) is 1. The van der Waals surface area contributed by atoms with E-state index in [1.54, 1.807) is 6.20 Å². The van der Waals surface area contributed by atoms with Crippen molar-refractivity contribution in [2.75, 3.05) is 5.32 Å². The third-order valence-electron chi connectivity index (χ3n) is 2.97. The molecule has 1 aromatic heterocycles. The third kappa shape index (κ3) is 1.56. The van der Waals surface area contributed by atoms with E-state index < -0.39 is 12.0 Å². The Morgan fingerprint density at radius 2 is 2.18 bits per heavy atom. The van der Waals surface area contributed by atoms with E-state index >= 15 is 0 Å². The van der Waals surface area contributed by atoms with Crippen molar-refractivity contribution >= 4 is 11.7 Å². The number of aromatic nitrogens is 2. The van der Waals surface area contributed by atoms with E-state index in [1.165, 1.54) is 0 Å². The van der Waals surface area contributed by atoms with Crippen molar-refractivity contribution in [3.8, 4) is 11.1 Å². The highest BCUT2D eigenvalue weighted by atomic mass is 16.4. The Morgan fingerprint density at radius 1 is 1.35 bits per heavy atom. The van der Waals surface area contributed by atoms with Crippen molar-refractivity contribution in [3.05, 3.63) is 36.2 Å². The summed E-state index contributed by atoms with van der Waals surface area (Å²) in [6.07, 6.45) is 2.14. The Morgan fingerprint density at radius 3 is 3.00 bits per heavy atom. The molecule has 1 atom stereocenters. The lowest BCUT2D eigenvalue weighted by molar-refractivity contribution is -0.137. The van der Waals surface area contributed by atoms with Crippen LogP contribution < -0.4 is 5.32 Å². The van der Waals surface area contributed by atoms with Crippen molar-refractivity contribution < 1.29 is 9.90 Å². The topological polar surface area (TPSA) is 78.0 Å². The van der Waals surface area contributed by atoms with Gasteiger partial charge < -0.3 is 10.4 Å². The van der Waals surface area contributed by atoms with Gasteiger partial charge in [-0.2, -0.15) is 5.10 Å². The predicted octanol–water partition coefficient (Wildman–Crippen LogP) is 1.50. The minimum Gasteiger partial charge on any atom is -0.480 e. The molecular weight excluding hydrogens is 218 g/mol. The number of aromatic amines is 1. The van der Waals surface area contributed by atoms with Crippen molar-refractivity contribution in [2.24, 2.45) is 0 Å². The number of aliphatic carboxylic acids is 1. The fraction of sp³-hybridized carbons (Fsp3) is 0.167. The van der Waals surface area contributed by atoms with Crippen LogP contribution in [0.25, 0.3) is 11.1 Å². The van der Waals surface area contributed by atoms with Gasteiger partial charge in [-0.3, -0.25) is 5.10 Å². The molecule has 0 radical (unpaired) electrons. The molecule has 3 N–H and O–H groups in total. The Hall–Kier alpha value is -2.30. The van der Waals surface area contributed by atoms with Gasteiger partial charge in [-0.15, -0.1) is 0 Å². The first kappa shape index (κ1) is 9.89. The number of nitrogens with zero attached hydrogens (tertiary/aromatic N) is 1. The second kappa shape index (κ2) is 3.62. The number of fused-ring (bicyclic) bond motifs is 3. The number of carboxylic acids is 1. The molecule has 0 saturated heterocycles. The molecule has 0 amide bonds. The van der Waals surface area contributed by atoms with E-state index in [0.717, 1.165) is 22.5 Å². The molecule has 0 saturated carbocycles. The maximum Gasteiger partial charge on any atom is 0.326 e. The zero-order valence-electron chi connectivity index (χ0n) is 8.97. The largest absolute Gasteiger partial charge is 0.480 e. The molecule has 17 heavy (non-hydrogen) atoms. The fourth-order valence-electron chi connectivity index (χ4n) is 2.14. The van der Waals surface area contributed by atoms with Gasteiger partial charge in [0.25, 0.3) is 0 Å². The summed E-state index contributed by atoms with van der Waals surface area (Å²) in [5, 5.41) is 19.1. The smallest absolute Gasteiger partial charge is 0.326 e. The van der Waals surface area contributed by atoms with Crippen molar-refractivity contribution in [2.45, 2.75) is 12.5 Å². The highest BCUT2D eigenvalue weighted by Crippen LogP contribution is 2.33. The first-order valence-corrected chi connectivity index (χ1v) is 5.36. The summed E-state index contributed by atoms with van der Waals surface area (Å²) in [7, 11) is 0. The van der Waals surface area contributed by atoms with Gasteiger partial charge >= 0.3 is 5.97 Å². The van der Waals surface area contributed by atoms with Crippen LogP contribution in [0.3, 0.4) is 0 Å². The zero-order valence-corrected chi connectivity index (χ0v) is 8.97. The van der Waals surface area contributed by atoms with Crippen molar-refractivity contribution in [1.82, 2.24) is 10.2 Å². The van der Waals surface area contributed by atoms with Crippen LogP contribution in [0.1, 0.15) is 5.69 Å². The number of hydrogen-bond donors (Lipinski definition) is 3. The molecule has 5 heteroatoms. The average molecular weight is 229 g/mol. The first-order chi connectivity index (χ1) is 8.25. The van der Waals surface area contributed by atoms with E-state index in [1.807, 2.05) is 24.3 Å². The molecule has 3 rings (SSSR count). The van der Waals surface area contributed by atoms with E-state index in [9.17, 15) is 4.79 Å². The van der Waals surface area contributed by atoms with Crippen molar-refractivity contribution in [1.29, 1.82) is 0 Å². The normalized spacial score (nSPS) is 17.5. The number of anilines is 1. The van der Waals surface area contributed by atoms with Crippen molar-refractivity contribution in [3.63, 3.8) is 0 Å². The van der Waals surface area contributed by atoms with Crippen LogP contribution in [0.4, 0.5) is 5.69 Å². The molecule has 1 aliphatic rings. The molecule has 86 valence electrons. The van der Waals surface area contributed by atoms with Crippen LogP contribution in [0.2, 0.25) is 0 Å². The number of para-hydroxylation sites is 1. The van der Waals surface area contributed by atoms with E-state index in [4.69, 9.17) is 5.11 Å². The van der Waals surface area contributed by atoms with Gasteiger partial charge in [0.2, 0.25) is 0 Å². The lowest BCUT2D eigenvalue weighted by atomic mass is 10.0. The Balaban J connectivity index is 2.18. The standard InChI is InChI=1S/C12H11N3O2/c16-12(17)11-5-10-8(6-13-15-10)7-3-1-2-4-9(7)14-11/h1-4,6,11,14H,5H2,(H,13,15)(H,16,17). The number of benzene rings is 1. The van der Waals surface area contributed by atoms with Crippen LogP contribution in [-0.4, -0.2) is 27.3 Å². The minimum atomic E-state index is -0.859. The van der Waals surface area contributed by atoms with Crippen LogP contribution >= 0.6 is 0 Å². The molecule has 2 aromatic rings. The molecular formula is C12H11N3O2. The molecule has 0 spiro atoms. The highest BCUT2D eigenvalue weighted by molar-refractivity contribution is 5.86. The monoisotopic (exact) mass is 229 g/mol. The maximum atomic E-state index is 11.2. The predicted molar refractivity (Wildman–Crippen MR) is 62.8 cm³/mol. The molecule has 1 unspecified atom stereocenters. The molecule has 0 bridgehead atoms. The molecule has 2 heterocycles. The number of carbonyl (C=O) groups is 1. The Bertz CT molecular complexity index is 577. The number of hydrogen-bond acceptors (Lipinski definition) is 3. The first-order valence-electron chi connectivity index (χ1n) is 5.36. The summed E-state index contributed by atoms with van der Waals surface area (Å²) in [6.45, 7) is 0. The van der Waals surface area contributed by atoms with E-state index in [2.05, 4.69) is 15.5 Å². The average Bonchev–Trinajstić information content (AvgIpc) is 2.71. The number of H-pyrrole nitrogens is 1. The SMILES string of the molecule is O=C(O)C1Cc2[nH]ncc2-c2ccccc2N1. The summed E-state index contributed by atoms with van der Waals surface area (Å²) < 4.78 is 0. The van der Waals surface area contributed by atoms with E-state index in [0.29, 0.717) is 6.42 Å². The zero-order chi connectivity index (χ0) is 11.8. The molecule has 0 aliphatic carbocycles. The van der Waals surface area contributed by atoms with Gasteiger partial charge in [-0.05, 0) is 6.07 Å². The fourth-order valence-corrected chi connectivity index (χ4v) is 2.14. The second-order valence-corrected chi connectivity index (χ2v) is 4.05. The molecule has 1 aliphatic heterocycles.